The highest BCUT2D eigenvalue weighted by Gasteiger charge is 2.31. The standard InChI is InChI=1S/C16H19ClN4O/c1-20-15(13(17)11-19-20)14-7-3-2-4-9-21(14)16(22)12-6-5-8-18-10-12/h5-6,8,10-11,14H,2-4,7,9H2,1H3. The van der Waals surface area contributed by atoms with E-state index in [0.29, 0.717) is 10.6 Å². The van der Waals surface area contributed by atoms with Crippen LogP contribution in [0.25, 0.3) is 0 Å². The summed E-state index contributed by atoms with van der Waals surface area (Å²) < 4.78 is 1.78. The third-order valence-corrected chi connectivity index (χ3v) is 4.47. The quantitative estimate of drug-likeness (QED) is 0.854. The topological polar surface area (TPSA) is 51.0 Å². The minimum atomic E-state index is -0.0322. The highest BCUT2D eigenvalue weighted by Crippen LogP contribution is 2.34. The van der Waals surface area contributed by atoms with Crippen LogP contribution in [0.5, 0.6) is 0 Å². The average Bonchev–Trinajstić information content (AvgIpc) is 2.75. The summed E-state index contributed by atoms with van der Waals surface area (Å²) in [4.78, 5) is 18.9. The van der Waals surface area contributed by atoms with Crippen LogP contribution >= 0.6 is 11.6 Å². The van der Waals surface area contributed by atoms with Gasteiger partial charge in [0.05, 0.1) is 28.5 Å². The summed E-state index contributed by atoms with van der Waals surface area (Å²) in [6.07, 6.45) is 9.08. The molecule has 0 aromatic carbocycles. The second-order valence-electron chi connectivity index (χ2n) is 5.61. The molecular formula is C16H19ClN4O. The number of likely N-dealkylation sites (tertiary alicyclic amines) is 1. The largest absolute Gasteiger partial charge is 0.330 e. The molecule has 2 aromatic rings. The van der Waals surface area contributed by atoms with Crippen LogP contribution < -0.4 is 0 Å². The average molecular weight is 319 g/mol. The maximum Gasteiger partial charge on any atom is 0.255 e. The van der Waals surface area contributed by atoms with Crippen LogP contribution in [0.4, 0.5) is 0 Å². The number of halogens is 1. The van der Waals surface area contributed by atoms with Gasteiger partial charge < -0.3 is 4.90 Å². The van der Waals surface area contributed by atoms with E-state index in [2.05, 4.69) is 10.1 Å². The van der Waals surface area contributed by atoms with Crippen molar-refractivity contribution in [1.82, 2.24) is 19.7 Å². The lowest BCUT2D eigenvalue weighted by atomic mass is 10.1. The van der Waals surface area contributed by atoms with Crippen molar-refractivity contribution < 1.29 is 4.79 Å². The Morgan fingerprint density at radius 3 is 2.86 bits per heavy atom. The Morgan fingerprint density at radius 1 is 1.32 bits per heavy atom. The molecule has 3 heterocycles. The van der Waals surface area contributed by atoms with Crippen LogP contribution in [-0.2, 0) is 7.05 Å². The number of aromatic nitrogens is 3. The Morgan fingerprint density at radius 2 is 2.18 bits per heavy atom. The molecule has 0 spiro atoms. The molecule has 1 amide bonds. The van der Waals surface area contributed by atoms with Gasteiger partial charge in [0.25, 0.3) is 5.91 Å². The maximum atomic E-state index is 12.9. The first kappa shape index (κ1) is 15.0. The summed E-state index contributed by atoms with van der Waals surface area (Å²) in [5, 5.41) is 4.85. The Bertz CT molecular complexity index is 636. The summed E-state index contributed by atoms with van der Waals surface area (Å²) >= 11 is 6.31. The van der Waals surface area contributed by atoms with Crippen molar-refractivity contribution >= 4 is 17.5 Å². The summed E-state index contributed by atoms with van der Waals surface area (Å²) in [6, 6.07) is 3.56. The Kier molecular flexibility index (Phi) is 4.43. The number of nitrogens with zero attached hydrogens (tertiary/aromatic N) is 4. The first-order valence-electron chi connectivity index (χ1n) is 7.57. The minimum absolute atomic E-state index is 0.0114. The van der Waals surface area contributed by atoms with Crippen LogP contribution in [0.1, 0.15) is 47.8 Å². The minimum Gasteiger partial charge on any atom is -0.330 e. The zero-order valence-corrected chi connectivity index (χ0v) is 13.3. The van der Waals surface area contributed by atoms with Gasteiger partial charge in [0.15, 0.2) is 0 Å². The van der Waals surface area contributed by atoms with Gasteiger partial charge in [0, 0.05) is 26.0 Å². The van der Waals surface area contributed by atoms with Crippen molar-refractivity contribution in [3.05, 3.63) is 47.0 Å². The van der Waals surface area contributed by atoms with E-state index in [9.17, 15) is 4.79 Å². The van der Waals surface area contributed by atoms with Crippen molar-refractivity contribution in [2.75, 3.05) is 6.54 Å². The van der Waals surface area contributed by atoms with E-state index in [4.69, 9.17) is 11.6 Å². The van der Waals surface area contributed by atoms with Gasteiger partial charge in [0.1, 0.15) is 0 Å². The molecule has 1 aliphatic rings. The van der Waals surface area contributed by atoms with Crippen LogP contribution in [0.3, 0.4) is 0 Å². The first-order valence-corrected chi connectivity index (χ1v) is 7.94. The number of pyridine rings is 1. The molecular weight excluding hydrogens is 300 g/mol. The number of hydrogen-bond acceptors (Lipinski definition) is 3. The van der Waals surface area contributed by atoms with E-state index in [0.717, 1.165) is 37.9 Å². The molecule has 0 aliphatic carbocycles. The van der Waals surface area contributed by atoms with Gasteiger partial charge in [-0.15, -0.1) is 0 Å². The van der Waals surface area contributed by atoms with Crippen LogP contribution in [-0.4, -0.2) is 32.1 Å². The van der Waals surface area contributed by atoms with E-state index in [1.165, 1.54) is 0 Å². The van der Waals surface area contributed by atoms with Crippen molar-refractivity contribution in [2.45, 2.75) is 31.7 Å². The molecule has 116 valence electrons. The Hall–Kier alpha value is -1.88. The molecule has 6 heteroatoms. The van der Waals surface area contributed by atoms with Crippen molar-refractivity contribution in [1.29, 1.82) is 0 Å². The highest BCUT2D eigenvalue weighted by atomic mass is 35.5. The SMILES string of the molecule is Cn1ncc(Cl)c1C1CCCCCN1C(=O)c1cccnc1. The number of rotatable bonds is 2. The van der Waals surface area contributed by atoms with Crippen LogP contribution in [0, 0.1) is 0 Å². The van der Waals surface area contributed by atoms with Crippen molar-refractivity contribution in [3.8, 4) is 0 Å². The van der Waals surface area contributed by atoms with Crippen LogP contribution in [0.15, 0.2) is 30.7 Å². The molecule has 2 aromatic heterocycles. The van der Waals surface area contributed by atoms with Gasteiger partial charge in [0.2, 0.25) is 0 Å². The van der Waals surface area contributed by atoms with Crippen molar-refractivity contribution in [3.63, 3.8) is 0 Å². The molecule has 0 saturated carbocycles. The van der Waals surface area contributed by atoms with Gasteiger partial charge in [-0.1, -0.05) is 24.4 Å². The first-order chi connectivity index (χ1) is 10.7. The third-order valence-electron chi connectivity index (χ3n) is 4.18. The van der Waals surface area contributed by atoms with Gasteiger partial charge in [-0.05, 0) is 25.0 Å². The molecule has 22 heavy (non-hydrogen) atoms. The fourth-order valence-corrected chi connectivity index (χ4v) is 3.38. The molecule has 1 unspecified atom stereocenters. The lowest BCUT2D eigenvalue weighted by molar-refractivity contribution is 0.0673. The predicted molar refractivity (Wildman–Crippen MR) is 84.7 cm³/mol. The number of carbonyl (C=O) groups is 1. The van der Waals surface area contributed by atoms with E-state index in [1.807, 2.05) is 18.0 Å². The number of hydrogen-bond donors (Lipinski definition) is 0. The molecule has 3 rings (SSSR count). The van der Waals surface area contributed by atoms with Gasteiger partial charge >= 0.3 is 0 Å². The molecule has 0 radical (unpaired) electrons. The second kappa shape index (κ2) is 6.48. The third kappa shape index (κ3) is 2.86. The maximum absolute atomic E-state index is 12.9. The Labute approximate surface area is 134 Å². The zero-order chi connectivity index (χ0) is 15.5. The molecule has 1 atom stereocenters. The lowest BCUT2D eigenvalue weighted by Crippen LogP contribution is -2.36. The van der Waals surface area contributed by atoms with E-state index < -0.39 is 0 Å². The second-order valence-corrected chi connectivity index (χ2v) is 6.01. The number of amides is 1. The lowest BCUT2D eigenvalue weighted by Gasteiger charge is -2.30. The van der Waals surface area contributed by atoms with E-state index in [-0.39, 0.29) is 11.9 Å². The summed E-state index contributed by atoms with van der Waals surface area (Å²) in [6.45, 7) is 0.736. The van der Waals surface area contributed by atoms with E-state index in [1.54, 1.807) is 29.3 Å². The number of carbonyl (C=O) groups excluding carboxylic acids is 1. The predicted octanol–water partition coefficient (Wildman–Crippen LogP) is 3.23. The monoisotopic (exact) mass is 318 g/mol. The normalized spacial score (nSPS) is 19.0. The summed E-state index contributed by atoms with van der Waals surface area (Å²) in [7, 11) is 1.87. The van der Waals surface area contributed by atoms with Crippen molar-refractivity contribution in [2.24, 2.45) is 7.05 Å². The van der Waals surface area contributed by atoms with E-state index >= 15 is 0 Å². The smallest absolute Gasteiger partial charge is 0.255 e. The highest BCUT2D eigenvalue weighted by molar-refractivity contribution is 6.31. The Balaban J connectivity index is 1.97. The molecule has 0 bridgehead atoms. The molecule has 1 fully saturated rings. The summed E-state index contributed by atoms with van der Waals surface area (Å²) in [5.74, 6) is 0.0114. The van der Waals surface area contributed by atoms with Gasteiger partial charge in [-0.2, -0.15) is 5.10 Å². The van der Waals surface area contributed by atoms with Crippen LogP contribution in [0.2, 0.25) is 5.02 Å². The number of aryl methyl sites for hydroxylation is 1. The molecule has 5 nitrogen and oxygen atoms in total. The molecule has 0 N–H and O–H groups in total. The molecule has 1 saturated heterocycles. The van der Waals surface area contributed by atoms with Gasteiger partial charge in [-0.3, -0.25) is 14.5 Å². The van der Waals surface area contributed by atoms with Gasteiger partial charge in [-0.25, -0.2) is 0 Å². The fraction of sp³-hybridized carbons (Fsp3) is 0.438. The fourth-order valence-electron chi connectivity index (χ4n) is 3.09. The zero-order valence-electron chi connectivity index (χ0n) is 12.6. The molecule has 1 aliphatic heterocycles. The summed E-state index contributed by atoms with van der Waals surface area (Å²) in [5.41, 5.74) is 1.54.